The van der Waals surface area contributed by atoms with Crippen molar-refractivity contribution in [2.75, 3.05) is 46.4 Å². The number of Topliss-reactive ketones (excluding diaryl/α,β-unsaturated/α-hetero) is 2. The molecule has 53 heavy (non-hydrogen) atoms. The van der Waals surface area contributed by atoms with Crippen molar-refractivity contribution >= 4 is 28.9 Å². The van der Waals surface area contributed by atoms with Crippen LogP contribution in [0.1, 0.15) is 111 Å². The number of pyridine rings is 1. The quantitative estimate of drug-likeness (QED) is 0.296. The van der Waals surface area contributed by atoms with Gasteiger partial charge in [-0.05, 0) is 111 Å². The third-order valence-electron chi connectivity index (χ3n) is 11.8. The lowest BCUT2D eigenvalue weighted by Gasteiger charge is -2.34. The molecule has 1 aromatic carbocycles. The summed E-state index contributed by atoms with van der Waals surface area (Å²) in [6.45, 7) is 12.7. The molecule has 0 saturated carbocycles. The lowest BCUT2D eigenvalue weighted by Crippen LogP contribution is -3.17. The monoisotopic (exact) mass is 736 g/mol. The number of nitrogens with one attached hydrogen (secondary N) is 1. The molecular weight excluding hydrogens is 678 g/mol. The van der Waals surface area contributed by atoms with Crippen molar-refractivity contribution in [3.8, 4) is 0 Å². The number of nitrogens with zero attached hydrogens (tertiary/aromatic N) is 3. The van der Waals surface area contributed by atoms with Gasteiger partial charge in [-0.1, -0.05) is 39.0 Å². The number of carbonyl (C=O) groups excluding carboxylic acids is 3. The van der Waals surface area contributed by atoms with Gasteiger partial charge in [0.05, 0.1) is 43.1 Å². The van der Waals surface area contributed by atoms with Crippen molar-refractivity contribution in [2.24, 2.45) is 28.2 Å². The molecule has 290 valence electrons. The summed E-state index contributed by atoms with van der Waals surface area (Å²) >= 11 is 0. The van der Waals surface area contributed by atoms with E-state index in [0.29, 0.717) is 42.7 Å². The molecule has 0 spiro atoms. The van der Waals surface area contributed by atoms with Gasteiger partial charge in [-0.25, -0.2) is 13.8 Å². The summed E-state index contributed by atoms with van der Waals surface area (Å²) in [5, 5.41) is 18.5. The second-order valence-electron chi connectivity index (χ2n) is 17.2. The topological polar surface area (TPSA) is 127 Å². The average molecular weight is 737 g/mol. The first-order valence-electron chi connectivity index (χ1n) is 19.5. The van der Waals surface area contributed by atoms with E-state index in [-0.39, 0.29) is 36.4 Å². The van der Waals surface area contributed by atoms with Gasteiger partial charge < -0.3 is 24.8 Å². The molecule has 1 aliphatic carbocycles. The van der Waals surface area contributed by atoms with Crippen molar-refractivity contribution < 1.29 is 38.3 Å². The summed E-state index contributed by atoms with van der Waals surface area (Å²) in [5.74, 6) is -3.97. The van der Waals surface area contributed by atoms with Gasteiger partial charge in [0.15, 0.2) is 11.6 Å². The van der Waals surface area contributed by atoms with Crippen LogP contribution in [0.25, 0.3) is 0 Å². The summed E-state index contributed by atoms with van der Waals surface area (Å²) in [6.07, 6.45) is 8.72. The predicted octanol–water partition coefficient (Wildman–Crippen LogP) is 4.20. The highest BCUT2D eigenvalue weighted by atomic mass is 19.3. The summed E-state index contributed by atoms with van der Waals surface area (Å²) in [5.41, 5.74) is 7.10. The SMILES string of the molecule is CC(F)(F)C(=O)[O-].C[NH+]1CC(CC(=O)c2cccc([C@@H](CCN3CCC(CCO)CC3)CC(=O)C3=Nc4cc5c(nc4C3)CC[C@H](C(C)(C)C)C5)c2)C1. The molecule has 2 N–H and O–H groups in total. The zero-order valence-electron chi connectivity index (χ0n) is 32.2. The second kappa shape index (κ2) is 17.4. The Kier molecular flexibility index (Phi) is 13.4. The predicted molar refractivity (Wildman–Crippen MR) is 199 cm³/mol. The lowest BCUT2D eigenvalue weighted by molar-refractivity contribution is -0.931. The zero-order valence-corrected chi connectivity index (χ0v) is 32.2. The highest BCUT2D eigenvalue weighted by Gasteiger charge is 2.33. The molecule has 0 amide bonds. The summed E-state index contributed by atoms with van der Waals surface area (Å²) in [4.78, 5) is 50.3. The number of aromatic nitrogens is 1. The van der Waals surface area contributed by atoms with E-state index in [9.17, 15) is 23.5 Å². The minimum atomic E-state index is -3.69. The molecule has 3 aliphatic heterocycles. The van der Waals surface area contributed by atoms with Crippen LogP contribution in [-0.2, 0) is 28.9 Å². The van der Waals surface area contributed by atoms with Crippen LogP contribution < -0.4 is 10.0 Å². The van der Waals surface area contributed by atoms with Gasteiger partial charge in [-0.2, -0.15) is 0 Å². The fourth-order valence-corrected chi connectivity index (χ4v) is 8.33. The molecule has 9 nitrogen and oxygen atoms in total. The molecule has 2 atom stereocenters. The molecular formula is C42H58F2N4O5. The number of carbonyl (C=O) groups is 3. The van der Waals surface area contributed by atoms with Crippen molar-refractivity contribution in [3.05, 3.63) is 58.4 Å². The first-order chi connectivity index (χ1) is 25.0. The Bertz CT molecular complexity index is 1650. The third-order valence-corrected chi connectivity index (χ3v) is 11.8. The van der Waals surface area contributed by atoms with Crippen molar-refractivity contribution in [1.29, 1.82) is 0 Å². The van der Waals surface area contributed by atoms with Gasteiger partial charge in [0, 0.05) is 44.1 Å². The van der Waals surface area contributed by atoms with E-state index in [4.69, 9.17) is 19.9 Å². The van der Waals surface area contributed by atoms with Crippen LogP contribution in [0.3, 0.4) is 0 Å². The van der Waals surface area contributed by atoms with Crippen LogP contribution in [0.2, 0.25) is 0 Å². The number of alkyl halides is 2. The van der Waals surface area contributed by atoms with E-state index in [1.807, 2.05) is 12.1 Å². The number of ketones is 2. The second-order valence-corrected chi connectivity index (χ2v) is 17.2. The Hall–Kier alpha value is -3.41. The normalized spacial score (nSPS) is 22.4. The maximum absolute atomic E-state index is 13.9. The number of likely N-dealkylation sites (tertiary alicyclic amines) is 2. The number of aryl methyl sites for hydroxylation is 1. The van der Waals surface area contributed by atoms with E-state index in [2.05, 4.69) is 50.9 Å². The molecule has 0 bridgehead atoms. The van der Waals surface area contributed by atoms with Gasteiger partial charge >= 0.3 is 0 Å². The van der Waals surface area contributed by atoms with Crippen LogP contribution in [0, 0.1) is 23.2 Å². The van der Waals surface area contributed by atoms with Crippen molar-refractivity contribution in [3.63, 3.8) is 0 Å². The fraction of sp³-hybridized carbons (Fsp3) is 0.643. The standard InChI is InChI=1S/C39H54N4O3.C3H4F2O2/c1-39(2,3)32-8-9-33-31(20-32)21-34-35(40-33)23-36(41-34)38(46)22-29(12-16-43-14-10-26(11-15-43)13-17-44)28-6-5-7-30(19-28)37(45)18-27-24-42(4)25-27;1-3(4,5)2(6)7/h5-7,19,21,26-27,29,32,44H,8-18,20,22-25H2,1-4H3;1H3,(H,6,7)/t29-,32-;/m0./s1. The Morgan fingerprint density at radius 3 is 2.34 bits per heavy atom. The molecule has 6 rings (SSSR count). The van der Waals surface area contributed by atoms with Gasteiger partial charge in [0.1, 0.15) is 5.97 Å². The molecule has 2 saturated heterocycles. The number of benzene rings is 1. The van der Waals surface area contributed by atoms with E-state index in [1.165, 1.54) is 16.2 Å². The highest BCUT2D eigenvalue weighted by Crippen LogP contribution is 2.39. The van der Waals surface area contributed by atoms with E-state index < -0.39 is 11.9 Å². The maximum atomic E-state index is 13.9. The maximum Gasteiger partial charge on any atom is 0.284 e. The lowest BCUT2D eigenvalue weighted by atomic mass is 9.71. The van der Waals surface area contributed by atoms with Gasteiger partial charge in [-0.3, -0.25) is 14.6 Å². The number of halogens is 2. The first-order valence-corrected chi connectivity index (χ1v) is 19.5. The largest absolute Gasteiger partial charge is 0.544 e. The minimum absolute atomic E-state index is 0.0230. The van der Waals surface area contributed by atoms with Crippen LogP contribution >= 0.6 is 0 Å². The molecule has 2 fully saturated rings. The molecule has 0 radical (unpaired) electrons. The number of carboxylic acid groups (broad SMARTS) is 1. The summed E-state index contributed by atoms with van der Waals surface area (Å²) in [7, 11) is 2.18. The number of aliphatic imine (C=N–C) groups is 1. The average Bonchev–Trinajstić information content (AvgIpc) is 3.51. The fourth-order valence-electron chi connectivity index (χ4n) is 8.33. The number of carboxylic acids is 1. The minimum Gasteiger partial charge on any atom is -0.544 e. The Balaban J connectivity index is 0.000000705. The number of hydrogen-bond donors (Lipinski definition) is 2. The smallest absolute Gasteiger partial charge is 0.284 e. The third kappa shape index (κ3) is 11.1. The summed E-state index contributed by atoms with van der Waals surface area (Å²) < 4.78 is 22.4. The number of hydrogen-bond acceptors (Lipinski definition) is 8. The van der Waals surface area contributed by atoms with Crippen LogP contribution in [-0.4, -0.2) is 90.5 Å². The molecule has 4 aliphatic rings. The molecule has 11 heteroatoms. The Morgan fingerprint density at radius 1 is 1.02 bits per heavy atom. The Morgan fingerprint density at radius 2 is 1.72 bits per heavy atom. The molecule has 0 unspecified atom stereocenters. The number of aliphatic hydroxyl groups is 1. The van der Waals surface area contributed by atoms with Gasteiger partial charge in [0.25, 0.3) is 5.92 Å². The van der Waals surface area contributed by atoms with E-state index in [0.717, 1.165) is 100 Å². The highest BCUT2D eigenvalue weighted by molar-refractivity contribution is 6.41. The van der Waals surface area contributed by atoms with Crippen molar-refractivity contribution in [1.82, 2.24) is 9.88 Å². The van der Waals surface area contributed by atoms with Crippen molar-refractivity contribution in [2.45, 2.75) is 104 Å². The Labute approximate surface area is 313 Å². The van der Waals surface area contributed by atoms with E-state index in [1.54, 1.807) is 0 Å². The number of fused-ring (bicyclic) bond motifs is 2. The number of piperidine rings is 1. The van der Waals surface area contributed by atoms with E-state index >= 15 is 0 Å². The van der Waals surface area contributed by atoms with Gasteiger partial charge in [-0.15, -0.1) is 0 Å². The molecule has 4 heterocycles. The zero-order chi connectivity index (χ0) is 38.5. The van der Waals surface area contributed by atoms with Crippen LogP contribution in [0.5, 0.6) is 0 Å². The number of aliphatic carboxylic acids is 1. The van der Waals surface area contributed by atoms with Crippen LogP contribution in [0.15, 0.2) is 35.3 Å². The number of rotatable bonds is 13. The summed E-state index contributed by atoms with van der Waals surface area (Å²) in [6, 6.07) is 10.3. The molecule has 1 aromatic heterocycles. The number of aliphatic hydroxyl groups excluding tert-OH is 1. The first kappa shape index (κ1) is 40.8. The van der Waals surface area contributed by atoms with Crippen LogP contribution in [0.4, 0.5) is 14.5 Å². The number of quaternary nitrogens is 1. The molecule has 2 aromatic rings. The van der Waals surface area contributed by atoms with Gasteiger partial charge in [0.2, 0.25) is 0 Å².